The number of fused-ring (bicyclic) bond motifs is 2. The number of carbonyl (C=O) groups excluding carboxylic acids is 1. The van der Waals surface area contributed by atoms with Gasteiger partial charge in [-0.3, -0.25) is 4.79 Å². The van der Waals surface area contributed by atoms with Crippen LogP contribution in [-0.2, 0) is 17.6 Å². The van der Waals surface area contributed by atoms with Crippen molar-refractivity contribution in [1.82, 2.24) is 14.4 Å². The molecule has 4 heterocycles. The Labute approximate surface area is 175 Å². The van der Waals surface area contributed by atoms with Crippen molar-refractivity contribution in [2.24, 2.45) is 0 Å². The minimum Gasteiger partial charge on any atom is -0.491 e. The summed E-state index contributed by atoms with van der Waals surface area (Å²) >= 11 is 0. The minimum absolute atomic E-state index is 0.227. The topological polar surface area (TPSA) is 77.8 Å². The molecule has 3 aromatic rings. The fourth-order valence-corrected chi connectivity index (χ4v) is 4.33. The SMILES string of the molecule is CCOc1cc2nc(C3CCOCC3)cn2cc1NC(=O)c1ccc2c(n1)CCC2. The molecule has 7 heteroatoms. The average Bonchev–Trinajstić information content (AvgIpc) is 3.40. The normalized spacial score (nSPS) is 16.6. The Morgan fingerprint density at radius 3 is 2.93 bits per heavy atom. The first-order chi connectivity index (χ1) is 14.7. The van der Waals surface area contributed by atoms with Gasteiger partial charge in [-0.25, -0.2) is 9.97 Å². The van der Waals surface area contributed by atoms with E-state index in [1.54, 1.807) is 6.07 Å². The molecule has 0 spiro atoms. The van der Waals surface area contributed by atoms with Crippen molar-refractivity contribution < 1.29 is 14.3 Å². The summed E-state index contributed by atoms with van der Waals surface area (Å²) in [5.41, 5.74) is 5.22. The summed E-state index contributed by atoms with van der Waals surface area (Å²) < 4.78 is 13.2. The number of amides is 1. The highest BCUT2D eigenvalue weighted by atomic mass is 16.5. The smallest absolute Gasteiger partial charge is 0.274 e. The maximum atomic E-state index is 12.9. The summed E-state index contributed by atoms with van der Waals surface area (Å²) in [6.07, 6.45) is 8.98. The monoisotopic (exact) mass is 406 g/mol. The van der Waals surface area contributed by atoms with Crippen molar-refractivity contribution >= 4 is 17.2 Å². The van der Waals surface area contributed by atoms with Gasteiger partial charge in [0.05, 0.1) is 12.3 Å². The van der Waals surface area contributed by atoms with Crippen molar-refractivity contribution in [3.05, 3.63) is 53.2 Å². The Balaban J connectivity index is 1.44. The molecule has 0 aromatic carbocycles. The van der Waals surface area contributed by atoms with E-state index in [-0.39, 0.29) is 5.91 Å². The third kappa shape index (κ3) is 3.65. The van der Waals surface area contributed by atoms with Gasteiger partial charge in [0.15, 0.2) is 0 Å². The van der Waals surface area contributed by atoms with Gasteiger partial charge in [0.1, 0.15) is 22.8 Å². The summed E-state index contributed by atoms with van der Waals surface area (Å²) in [7, 11) is 0. The highest BCUT2D eigenvalue weighted by Crippen LogP contribution is 2.31. The second-order valence-electron chi connectivity index (χ2n) is 7.91. The van der Waals surface area contributed by atoms with Crippen LogP contribution in [0.15, 0.2) is 30.6 Å². The number of nitrogens with zero attached hydrogens (tertiary/aromatic N) is 3. The van der Waals surface area contributed by atoms with E-state index in [0.29, 0.717) is 29.7 Å². The van der Waals surface area contributed by atoms with E-state index in [2.05, 4.69) is 10.3 Å². The molecule has 1 saturated heterocycles. The number of nitrogens with one attached hydrogen (secondary N) is 1. The van der Waals surface area contributed by atoms with Crippen LogP contribution in [0, 0.1) is 0 Å². The van der Waals surface area contributed by atoms with Crippen LogP contribution in [0.5, 0.6) is 5.75 Å². The van der Waals surface area contributed by atoms with E-state index in [4.69, 9.17) is 14.5 Å². The molecule has 30 heavy (non-hydrogen) atoms. The van der Waals surface area contributed by atoms with Crippen LogP contribution in [0.3, 0.4) is 0 Å². The van der Waals surface area contributed by atoms with Crippen LogP contribution in [-0.4, -0.2) is 40.1 Å². The number of pyridine rings is 2. The van der Waals surface area contributed by atoms with Gasteiger partial charge in [-0.05, 0) is 50.7 Å². The predicted molar refractivity (Wildman–Crippen MR) is 113 cm³/mol. The number of imidazole rings is 1. The third-order valence-corrected chi connectivity index (χ3v) is 5.92. The maximum Gasteiger partial charge on any atom is 0.274 e. The first-order valence-corrected chi connectivity index (χ1v) is 10.7. The first kappa shape index (κ1) is 19.1. The second kappa shape index (κ2) is 8.07. The maximum absolute atomic E-state index is 12.9. The molecule has 2 aliphatic rings. The van der Waals surface area contributed by atoms with E-state index in [9.17, 15) is 4.79 Å². The highest BCUT2D eigenvalue weighted by Gasteiger charge is 2.21. The quantitative estimate of drug-likeness (QED) is 0.698. The lowest BCUT2D eigenvalue weighted by Gasteiger charge is -2.19. The molecule has 1 fully saturated rings. The van der Waals surface area contributed by atoms with Crippen LogP contribution >= 0.6 is 0 Å². The van der Waals surface area contributed by atoms with Gasteiger partial charge in [-0.1, -0.05) is 6.07 Å². The Morgan fingerprint density at radius 1 is 1.23 bits per heavy atom. The highest BCUT2D eigenvalue weighted by molar-refractivity contribution is 6.03. The number of aromatic nitrogens is 3. The molecule has 1 aliphatic heterocycles. The van der Waals surface area contributed by atoms with E-state index >= 15 is 0 Å². The molecule has 3 aromatic heterocycles. The van der Waals surface area contributed by atoms with Crippen molar-refractivity contribution in [2.45, 2.75) is 44.9 Å². The van der Waals surface area contributed by atoms with E-state index in [0.717, 1.165) is 62.4 Å². The van der Waals surface area contributed by atoms with Gasteiger partial charge in [0, 0.05) is 43.3 Å². The summed E-state index contributed by atoms with van der Waals surface area (Å²) in [4.78, 5) is 22.3. The lowest BCUT2D eigenvalue weighted by molar-refractivity contribution is 0.0846. The van der Waals surface area contributed by atoms with Gasteiger partial charge in [0.2, 0.25) is 0 Å². The Bertz CT molecular complexity index is 1090. The summed E-state index contributed by atoms with van der Waals surface area (Å²) in [6.45, 7) is 3.98. The molecule has 0 bridgehead atoms. The molecule has 0 atom stereocenters. The van der Waals surface area contributed by atoms with Crippen molar-refractivity contribution in [3.8, 4) is 5.75 Å². The van der Waals surface area contributed by atoms with Gasteiger partial charge < -0.3 is 19.2 Å². The standard InChI is InChI=1S/C23H26N4O3/c1-2-30-21-12-22-25-19(16-8-10-29-11-9-16)13-27(22)14-20(21)26-23(28)18-7-6-15-4-3-5-17(15)24-18/h6-7,12-14,16H,2-5,8-11H2,1H3,(H,26,28). The number of carbonyl (C=O) groups is 1. The van der Waals surface area contributed by atoms with Crippen molar-refractivity contribution in [1.29, 1.82) is 0 Å². The van der Waals surface area contributed by atoms with E-state index in [1.165, 1.54) is 5.56 Å². The number of hydrogen-bond acceptors (Lipinski definition) is 5. The van der Waals surface area contributed by atoms with Crippen LogP contribution in [0.25, 0.3) is 5.65 Å². The van der Waals surface area contributed by atoms with Gasteiger partial charge >= 0.3 is 0 Å². The molecule has 1 aliphatic carbocycles. The first-order valence-electron chi connectivity index (χ1n) is 10.7. The lowest BCUT2D eigenvalue weighted by atomic mass is 9.97. The molecule has 7 nitrogen and oxygen atoms in total. The Kier molecular flexibility index (Phi) is 5.12. The number of ether oxygens (including phenoxy) is 2. The van der Waals surface area contributed by atoms with Gasteiger partial charge in [-0.15, -0.1) is 0 Å². The summed E-state index contributed by atoms with van der Waals surface area (Å²) in [5, 5.41) is 2.99. The van der Waals surface area contributed by atoms with E-state index in [1.807, 2.05) is 35.9 Å². The number of rotatable bonds is 5. The largest absolute Gasteiger partial charge is 0.491 e. The Hall–Kier alpha value is -2.93. The van der Waals surface area contributed by atoms with Gasteiger partial charge in [0.25, 0.3) is 5.91 Å². The molecule has 1 N–H and O–H groups in total. The van der Waals surface area contributed by atoms with Crippen LogP contribution in [0.2, 0.25) is 0 Å². The van der Waals surface area contributed by atoms with E-state index < -0.39 is 0 Å². The Morgan fingerprint density at radius 2 is 2.10 bits per heavy atom. The zero-order chi connectivity index (χ0) is 20.5. The minimum atomic E-state index is -0.227. The zero-order valence-electron chi connectivity index (χ0n) is 17.2. The molecular weight excluding hydrogens is 380 g/mol. The van der Waals surface area contributed by atoms with Crippen molar-refractivity contribution in [2.75, 3.05) is 25.1 Å². The lowest BCUT2D eigenvalue weighted by Crippen LogP contribution is -2.16. The van der Waals surface area contributed by atoms with Gasteiger partial charge in [-0.2, -0.15) is 0 Å². The predicted octanol–water partition coefficient (Wildman–Crippen LogP) is 3.76. The summed E-state index contributed by atoms with van der Waals surface area (Å²) in [6, 6.07) is 5.71. The van der Waals surface area contributed by atoms with Crippen LogP contribution in [0.1, 0.15) is 59.5 Å². The fraction of sp³-hybridized carbons (Fsp3) is 0.435. The molecule has 0 unspecified atom stereocenters. The molecule has 0 radical (unpaired) electrons. The zero-order valence-corrected chi connectivity index (χ0v) is 17.2. The fourth-order valence-electron chi connectivity index (χ4n) is 4.33. The number of anilines is 1. The number of hydrogen-bond donors (Lipinski definition) is 1. The second-order valence-corrected chi connectivity index (χ2v) is 7.91. The summed E-state index contributed by atoms with van der Waals surface area (Å²) in [5.74, 6) is 0.793. The molecule has 156 valence electrons. The molecular formula is C23H26N4O3. The number of aryl methyl sites for hydroxylation is 2. The van der Waals surface area contributed by atoms with Crippen LogP contribution in [0.4, 0.5) is 5.69 Å². The molecule has 1 amide bonds. The third-order valence-electron chi connectivity index (χ3n) is 5.92. The average molecular weight is 406 g/mol. The van der Waals surface area contributed by atoms with Crippen molar-refractivity contribution in [3.63, 3.8) is 0 Å². The molecule has 0 saturated carbocycles. The molecule has 5 rings (SSSR count). The van der Waals surface area contributed by atoms with Crippen LogP contribution < -0.4 is 10.1 Å².